The zero-order valence-electron chi connectivity index (χ0n) is 55.3. The van der Waals surface area contributed by atoms with Crippen molar-refractivity contribution in [3.8, 4) is 22.9 Å². The minimum atomic E-state index is -1.97. The minimum Gasteiger partial charge on any atom is -0.381 e. The van der Waals surface area contributed by atoms with Crippen molar-refractivity contribution in [1.82, 2.24) is 0 Å². The molecule has 5 fully saturated rings. The average molecular weight is 1230 g/mol. The molecular weight excluding hydrogens is 1120 g/mol. The van der Waals surface area contributed by atoms with Crippen molar-refractivity contribution in [2.45, 2.75) is 168 Å². The van der Waals surface area contributed by atoms with Crippen LogP contribution in [0.3, 0.4) is 0 Å². The average Bonchev–Trinajstić information content (AvgIpc) is 1.23. The first kappa shape index (κ1) is 75.4. The van der Waals surface area contributed by atoms with E-state index in [0.717, 1.165) is 52.9 Å². The molecule has 0 amide bonds. The standard InChI is InChI=1S/C44H54Si2.C12H24O6.4C4H8O.K/c1-29(2)45(30(3)4,31(5)6)23-21-39-41-25-35-17-13-15-19-37(35)27-43(41)40(22-24-46(32(7)8,33(9)10)34(11)12)44-28-38-20-16-14-18-36(38)26-42(39)44;1-2-14-5-6-16-9-10-18-12-11-17-8-7-15-4-3-13-1;4*1-2-4-5-3-1;/h13-20,25-34H,1-12H3;1-12H2;4*1-4H2;. The van der Waals surface area contributed by atoms with Gasteiger partial charge in [0.15, 0.2) is 0 Å². The molecule has 10 rings (SSSR count). The maximum Gasteiger partial charge on any atom is 0.146 e. The van der Waals surface area contributed by atoms with Crippen LogP contribution in [0.4, 0.5) is 0 Å². The van der Waals surface area contributed by atoms with E-state index in [9.17, 15) is 0 Å². The third-order valence-electron chi connectivity index (χ3n) is 16.9. The van der Waals surface area contributed by atoms with Crippen molar-refractivity contribution < 1.29 is 47.4 Å². The fourth-order valence-corrected chi connectivity index (χ4v) is 22.9. The van der Waals surface area contributed by atoms with Crippen molar-refractivity contribution in [3.63, 3.8) is 0 Å². The maximum absolute atomic E-state index is 5.33. The SMILES string of the molecule is C1CCOC1.C1CCOC1.C1CCOC1.C1CCOC1.C1COCCOCCOCCOCCOCCO1.CC(C)[Si](C#Cc1c2cc3ccccc3cc2c(C#C[Si](C(C)C)(C(C)C)C(C)C)c2cc3ccccc3cc12)(C(C)C)C(C)C.[K]. The summed E-state index contributed by atoms with van der Waals surface area (Å²) in [5.74, 6) is 7.94. The van der Waals surface area contributed by atoms with Crippen LogP contribution in [0.1, 0.15) is 146 Å². The summed E-state index contributed by atoms with van der Waals surface area (Å²) in [4.78, 5) is 0. The summed E-state index contributed by atoms with van der Waals surface area (Å²) in [5.41, 5.74) is 14.0. The molecule has 0 bridgehead atoms. The van der Waals surface area contributed by atoms with Crippen LogP contribution in [0.2, 0.25) is 33.2 Å². The van der Waals surface area contributed by atoms with Crippen LogP contribution in [-0.2, 0) is 47.4 Å². The number of fused-ring (bicyclic) bond motifs is 4. The van der Waals surface area contributed by atoms with E-state index in [2.05, 4.69) is 179 Å². The van der Waals surface area contributed by atoms with E-state index in [1.54, 1.807) is 0 Å². The second-order valence-corrected chi connectivity index (χ2v) is 35.6. The molecule has 1 radical (unpaired) electrons. The zero-order chi connectivity index (χ0) is 60.4. The van der Waals surface area contributed by atoms with Crippen molar-refractivity contribution in [3.05, 3.63) is 83.9 Å². The zero-order valence-corrected chi connectivity index (χ0v) is 60.4. The van der Waals surface area contributed by atoms with Gasteiger partial charge in [-0.2, -0.15) is 0 Å². The Balaban J connectivity index is 0.000000317. The summed E-state index contributed by atoms with van der Waals surface area (Å²) in [6.07, 6.45) is 10.2. The number of benzene rings is 5. The molecule has 5 aromatic carbocycles. The van der Waals surface area contributed by atoms with Gasteiger partial charge in [0.1, 0.15) is 16.1 Å². The van der Waals surface area contributed by atoms with Gasteiger partial charge < -0.3 is 47.4 Å². The Morgan fingerprint density at radius 2 is 0.435 bits per heavy atom. The monoisotopic (exact) mass is 1230 g/mol. The van der Waals surface area contributed by atoms with Gasteiger partial charge >= 0.3 is 0 Å². The summed E-state index contributed by atoms with van der Waals surface area (Å²) in [6, 6.07) is 27.2. The van der Waals surface area contributed by atoms with Gasteiger partial charge in [0.2, 0.25) is 0 Å². The first-order valence-corrected chi connectivity index (χ1v) is 36.9. The summed E-state index contributed by atoms with van der Waals surface area (Å²) < 4.78 is 51.7. The quantitative estimate of drug-likeness (QED) is 0.0930. The predicted octanol–water partition coefficient (Wildman–Crippen LogP) is 16.3. The Morgan fingerprint density at radius 1 is 0.271 bits per heavy atom. The second kappa shape index (κ2) is 42.8. The van der Waals surface area contributed by atoms with Gasteiger partial charge in [-0.05, 0) is 152 Å². The van der Waals surface area contributed by atoms with E-state index >= 15 is 0 Å². The Labute approximate surface area is 559 Å². The van der Waals surface area contributed by atoms with E-state index in [1.165, 1.54) is 106 Å². The smallest absolute Gasteiger partial charge is 0.146 e. The van der Waals surface area contributed by atoms with Crippen molar-refractivity contribution >= 4 is 111 Å². The molecular formula is C72H110KO10Si2. The van der Waals surface area contributed by atoms with E-state index in [1.807, 2.05) is 0 Å². The molecule has 10 nitrogen and oxygen atoms in total. The molecule has 13 heteroatoms. The summed E-state index contributed by atoms with van der Waals surface area (Å²) in [5, 5.41) is 9.98. The van der Waals surface area contributed by atoms with Crippen molar-refractivity contribution in [2.75, 3.05) is 132 Å². The normalized spacial score (nSPS) is 17.6. The Hall–Kier alpha value is -2.07. The summed E-state index contributed by atoms with van der Waals surface area (Å²) >= 11 is 0. The van der Waals surface area contributed by atoms with Crippen molar-refractivity contribution in [1.29, 1.82) is 0 Å². The fraction of sp³-hybridized carbons (Fsp3) is 0.639. The molecule has 5 aliphatic rings. The molecule has 0 unspecified atom stereocenters. The molecule has 0 aromatic heterocycles. The topological polar surface area (TPSA) is 92.3 Å². The first-order valence-electron chi connectivity index (χ1n) is 32.4. The van der Waals surface area contributed by atoms with Gasteiger partial charge in [0, 0.05) is 115 Å². The van der Waals surface area contributed by atoms with Gasteiger partial charge in [0.05, 0.1) is 79.3 Å². The van der Waals surface area contributed by atoms with Gasteiger partial charge in [-0.3, -0.25) is 0 Å². The molecule has 85 heavy (non-hydrogen) atoms. The third-order valence-corrected chi connectivity index (χ3v) is 29.5. The Kier molecular flexibility index (Phi) is 38.0. The second-order valence-electron chi connectivity index (χ2n) is 24.5. The van der Waals surface area contributed by atoms with Gasteiger partial charge in [0.25, 0.3) is 0 Å². The van der Waals surface area contributed by atoms with E-state index in [0.29, 0.717) is 113 Å². The fourth-order valence-electron chi connectivity index (χ4n) is 12.4. The predicted molar refractivity (Wildman–Crippen MR) is 363 cm³/mol. The van der Waals surface area contributed by atoms with E-state index in [-0.39, 0.29) is 51.4 Å². The summed E-state index contributed by atoms with van der Waals surface area (Å²) in [7, 11) is -3.93. The largest absolute Gasteiger partial charge is 0.381 e. The molecule has 5 aromatic rings. The van der Waals surface area contributed by atoms with Gasteiger partial charge in [-0.15, -0.1) is 11.1 Å². The third kappa shape index (κ3) is 24.6. The number of hydrogen-bond acceptors (Lipinski definition) is 10. The molecule has 0 spiro atoms. The van der Waals surface area contributed by atoms with Crippen molar-refractivity contribution in [2.24, 2.45) is 0 Å². The van der Waals surface area contributed by atoms with Crippen LogP contribution in [0.5, 0.6) is 0 Å². The first-order chi connectivity index (χ1) is 40.7. The van der Waals surface area contributed by atoms with Crippen LogP contribution in [0.25, 0.3) is 43.1 Å². The minimum absolute atomic E-state index is 0. The van der Waals surface area contributed by atoms with E-state index < -0.39 is 16.1 Å². The van der Waals surface area contributed by atoms with E-state index in [4.69, 9.17) is 47.4 Å². The van der Waals surface area contributed by atoms with Crippen LogP contribution in [0, 0.1) is 22.9 Å². The Morgan fingerprint density at radius 3 is 0.576 bits per heavy atom. The Bertz CT molecular complexity index is 2310. The molecule has 0 atom stereocenters. The number of rotatable bonds is 6. The van der Waals surface area contributed by atoms with Crippen LogP contribution in [-0.4, -0.2) is 200 Å². The summed E-state index contributed by atoms with van der Waals surface area (Å²) in [6.45, 7) is 43.9. The van der Waals surface area contributed by atoms with Crippen LogP contribution >= 0.6 is 0 Å². The molecule has 0 saturated carbocycles. The molecule has 5 saturated heterocycles. The van der Waals surface area contributed by atoms with Gasteiger partial charge in [-0.25, -0.2) is 0 Å². The molecule has 0 N–H and O–H groups in total. The molecule has 5 aliphatic heterocycles. The maximum atomic E-state index is 5.33. The molecule has 5 heterocycles. The molecule has 0 aliphatic carbocycles. The van der Waals surface area contributed by atoms with Crippen LogP contribution < -0.4 is 0 Å². The van der Waals surface area contributed by atoms with Crippen LogP contribution in [0.15, 0.2) is 72.8 Å². The molecule has 467 valence electrons. The van der Waals surface area contributed by atoms with Gasteiger partial charge in [-0.1, -0.05) is 143 Å². The number of hydrogen-bond donors (Lipinski definition) is 0. The number of ether oxygens (including phenoxy) is 10.